The van der Waals surface area contributed by atoms with E-state index in [0.29, 0.717) is 23.5 Å². The average Bonchev–Trinajstić information content (AvgIpc) is 2.98. The van der Waals surface area contributed by atoms with Crippen LogP contribution in [0.3, 0.4) is 0 Å². The fourth-order valence-corrected chi connectivity index (χ4v) is 3.83. The zero-order valence-corrected chi connectivity index (χ0v) is 22.7. The highest BCUT2D eigenvalue weighted by Gasteiger charge is 2.16. The molecule has 11 nitrogen and oxygen atoms in total. The molecule has 4 aromatic carbocycles. The lowest BCUT2D eigenvalue weighted by molar-refractivity contribution is -0.384. The Balaban J connectivity index is 1.43. The fraction of sp³-hybridized carbons (Fsp3) is 0.0968. The molecule has 0 bridgehead atoms. The molecule has 0 heterocycles. The maximum atomic E-state index is 12.9. The number of nitro benzene ring substituents is 1. The van der Waals surface area contributed by atoms with Crippen LogP contribution in [0, 0.1) is 17.0 Å². The number of para-hydroxylation sites is 1. The lowest BCUT2D eigenvalue weighted by Crippen LogP contribution is -2.21. The molecule has 0 unspecified atom stereocenters. The minimum absolute atomic E-state index is 0.143. The number of hydrogen-bond acceptors (Lipinski definition) is 8. The van der Waals surface area contributed by atoms with Crippen molar-refractivity contribution in [1.82, 2.24) is 5.43 Å². The van der Waals surface area contributed by atoms with Crippen LogP contribution >= 0.6 is 0 Å². The molecule has 0 atom stereocenters. The van der Waals surface area contributed by atoms with Gasteiger partial charge in [0.15, 0.2) is 11.5 Å². The van der Waals surface area contributed by atoms with Crippen LogP contribution < -0.4 is 20.2 Å². The highest BCUT2D eigenvalue weighted by Crippen LogP contribution is 2.29. The number of esters is 1. The standard InChI is InChI=1S/C31H26N4O7/c1-3-41-28-18-21(11-16-27(28)42-31(38)23-8-6-7-20(2)17-23)19-32-34-30(37)25-9-4-5-10-26(25)33-29(36)22-12-14-24(15-13-22)35(39)40/h4-19H,3H2,1-2H3,(H,33,36)(H,34,37)/b32-19-. The number of rotatable bonds is 10. The van der Waals surface area contributed by atoms with Gasteiger partial charge in [0.1, 0.15) is 0 Å². The molecule has 0 aliphatic carbocycles. The molecule has 0 fully saturated rings. The molecule has 212 valence electrons. The third-order valence-electron chi connectivity index (χ3n) is 5.86. The van der Waals surface area contributed by atoms with Gasteiger partial charge < -0.3 is 14.8 Å². The normalized spacial score (nSPS) is 10.6. The van der Waals surface area contributed by atoms with Gasteiger partial charge in [-0.25, -0.2) is 10.2 Å². The van der Waals surface area contributed by atoms with Gasteiger partial charge in [-0.3, -0.25) is 19.7 Å². The SMILES string of the molecule is CCOc1cc(/C=N\NC(=O)c2ccccc2NC(=O)c2ccc([N+](=O)[O-])cc2)ccc1OC(=O)c1cccc(C)c1. The van der Waals surface area contributed by atoms with E-state index in [2.05, 4.69) is 15.8 Å². The predicted octanol–water partition coefficient (Wildman–Crippen LogP) is 5.54. The van der Waals surface area contributed by atoms with Gasteiger partial charge in [0.2, 0.25) is 0 Å². The van der Waals surface area contributed by atoms with Crippen molar-refractivity contribution in [2.75, 3.05) is 11.9 Å². The number of nitro groups is 1. The van der Waals surface area contributed by atoms with Crippen LogP contribution in [-0.4, -0.2) is 35.5 Å². The van der Waals surface area contributed by atoms with Crippen LogP contribution in [0.15, 0.2) is 96.1 Å². The van der Waals surface area contributed by atoms with Crippen molar-refractivity contribution < 1.29 is 28.8 Å². The van der Waals surface area contributed by atoms with Gasteiger partial charge in [0, 0.05) is 17.7 Å². The second kappa shape index (κ2) is 13.5. The Morgan fingerprint density at radius 1 is 0.881 bits per heavy atom. The first-order chi connectivity index (χ1) is 20.2. The van der Waals surface area contributed by atoms with Crippen molar-refractivity contribution in [3.05, 3.63) is 129 Å². The summed E-state index contributed by atoms with van der Waals surface area (Å²) in [5.41, 5.74) is 4.75. The summed E-state index contributed by atoms with van der Waals surface area (Å²) < 4.78 is 11.2. The molecule has 0 radical (unpaired) electrons. The molecule has 42 heavy (non-hydrogen) atoms. The van der Waals surface area contributed by atoms with Gasteiger partial charge in [-0.2, -0.15) is 5.10 Å². The number of carbonyl (C=O) groups excluding carboxylic acids is 3. The van der Waals surface area contributed by atoms with Gasteiger partial charge in [-0.15, -0.1) is 0 Å². The molecule has 0 aliphatic rings. The number of hydrazone groups is 1. The van der Waals surface area contributed by atoms with E-state index >= 15 is 0 Å². The molecular weight excluding hydrogens is 540 g/mol. The summed E-state index contributed by atoms with van der Waals surface area (Å²) in [6, 6.07) is 23.3. The number of amides is 2. The molecule has 0 saturated carbocycles. The van der Waals surface area contributed by atoms with Crippen molar-refractivity contribution in [2.24, 2.45) is 5.10 Å². The smallest absolute Gasteiger partial charge is 0.343 e. The van der Waals surface area contributed by atoms with E-state index in [1.807, 2.05) is 13.0 Å². The van der Waals surface area contributed by atoms with Gasteiger partial charge in [0.05, 0.1) is 34.6 Å². The molecular formula is C31H26N4O7. The van der Waals surface area contributed by atoms with Crippen LogP contribution in [0.1, 0.15) is 49.1 Å². The molecule has 2 amide bonds. The summed E-state index contributed by atoms with van der Waals surface area (Å²) in [5, 5.41) is 17.5. The zero-order chi connectivity index (χ0) is 30.1. The quantitative estimate of drug-likeness (QED) is 0.0842. The van der Waals surface area contributed by atoms with E-state index in [1.165, 1.54) is 36.5 Å². The summed E-state index contributed by atoms with van der Waals surface area (Å²) >= 11 is 0. The summed E-state index contributed by atoms with van der Waals surface area (Å²) in [6.07, 6.45) is 1.39. The Hall–Kier alpha value is -5.84. The van der Waals surface area contributed by atoms with Crippen molar-refractivity contribution >= 4 is 35.4 Å². The van der Waals surface area contributed by atoms with E-state index < -0.39 is 22.7 Å². The lowest BCUT2D eigenvalue weighted by atomic mass is 10.1. The first kappa shape index (κ1) is 29.2. The Labute approximate surface area is 240 Å². The van der Waals surface area contributed by atoms with Crippen molar-refractivity contribution in [1.29, 1.82) is 0 Å². The third-order valence-corrected chi connectivity index (χ3v) is 5.86. The highest BCUT2D eigenvalue weighted by atomic mass is 16.6. The van der Waals surface area contributed by atoms with Crippen LogP contribution in [0.5, 0.6) is 11.5 Å². The number of nitrogens with one attached hydrogen (secondary N) is 2. The number of ether oxygens (including phenoxy) is 2. The maximum absolute atomic E-state index is 12.9. The predicted molar refractivity (Wildman–Crippen MR) is 156 cm³/mol. The van der Waals surface area contributed by atoms with Crippen LogP contribution in [-0.2, 0) is 0 Å². The Morgan fingerprint density at radius 2 is 1.64 bits per heavy atom. The van der Waals surface area contributed by atoms with Crippen LogP contribution in [0.25, 0.3) is 0 Å². The van der Waals surface area contributed by atoms with Gasteiger partial charge >= 0.3 is 5.97 Å². The van der Waals surface area contributed by atoms with E-state index in [1.54, 1.807) is 61.5 Å². The van der Waals surface area contributed by atoms with E-state index in [0.717, 1.165) is 5.56 Å². The van der Waals surface area contributed by atoms with Gasteiger partial charge in [-0.05, 0) is 74.0 Å². The number of carbonyl (C=O) groups is 3. The van der Waals surface area contributed by atoms with Gasteiger partial charge in [-0.1, -0.05) is 29.8 Å². The summed E-state index contributed by atoms with van der Waals surface area (Å²) in [5.74, 6) is -1.08. The Bertz CT molecular complexity index is 1670. The number of hydrogen-bond donors (Lipinski definition) is 2. The molecule has 4 rings (SSSR count). The summed E-state index contributed by atoms with van der Waals surface area (Å²) in [6.45, 7) is 4.01. The highest BCUT2D eigenvalue weighted by molar-refractivity contribution is 6.09. The number of non-ortho nitro benzene ring substituents is 1. The molecule has 4 aromatic rings. The first-order valence-electron chi connectivity index (χ1n) is 12.8. The third kappa shape index (κ3) is 7.42. The number of nitrogens with zero attached hydrogens (tertiary/aromatic N) is 2. The second-order valence-corrected chi connectivity index (χ2v) is 8.90. The van der Waals surface area contributed by atoms with Crippen LogP contribution in [0.4, 0.5) is 11.4 Å². The maximum Gasteiger partial charge on any atom is 0.343 e. The van der Waals surface area contributed by atoms with Gasteiger partial charge in [0.25, 0.3) is 17.5 Å². The number of benzene rings is 4. The minimum atomic E-state index is -0.584. The van der Waals surface area contributed by atoms with E-state index in [9.17, 15) is 24.5 Å². The Morgan fingerprint density at radius 3 is 2.36 bits per heavy atom. The molecule has 2 N–H and O–H groups in total. The molecule has 0 aliphatic heterocycles. The number of anilines is 1. The fourth-order valence-electron chi connectivity index (χ4n) is 3.83. The second-order valence-electron chi connectivity index (χ2n) is 8.90. The first-order valence-corrected chi connectivity index (χ1v) is 12.8. The number of aryl methyl sites for hydroxylation is 1. The molecule has 0 saturated heterocycles. The zero-order valence-electron chi connectivity index (χ0n) is 22.7. The minimum Gasteiger partial charge on any atom is -0.490 e. The summed E-state index contributed by atoms with van der Waals surface area (Å²) in [7, 11) is 0. The average molecular weight is 567 g/mol. The topological polar surface area (TPSA) is 149 Å². The van der Waals surface area contributed by atoms with E-state index in [4.69, 9.17) is 9.47 Å². The van der Waals surface area contributed by atoms with Crippen molar-refractivity contribution in [3.8, 4) is 11.5 Å². The van der Waals surface area contributed by atoms with E-state index in [-0.39, 0.29) is 28.3 Å². The largest absolute Gasteiger partial charge is 0.490 e. The molecule has 0 spiro atoms. The van der Waals surface area contributed by atoms with Crippen molar-refractivity contribution in [3.63, 3.8) is 0 Å². The molecule has 0 aromatic heterocycles. The monoisotopic (exact) mass is 566 g/mol. The summed E-state index contributed by atoms with van der Waals surface area (Å²) in [4.78, 5) is 48.4. The van der Waals surface area contributed by atoms with Crippen LogP contribution in [0.2, 0.25) is 0 Å². The Kier molecular flexibility index (Phi) is 9.36. The molecule has 11 heteroatoms. The van der Waals surface area contributed by atoms with Crippen molar-refractivity contribution in [2.45, 2.75) is 13.8 Å². The lowest BCUT2D eigenvalue weighted by Gasteiger charge is -2.12.